The molecule has 0 saturated carbocycles. The molecule has 0 radical (unpaired) electrons. The maximum Gasteiger partial charge on any atom is 0.287 e. The van der Waals surface area contributed by atoms with E-state index in [0.717, 1.165) is 57.0 Å². The van der Waals surface area contributed by atoms with Gasteiger partial charge in [-0.1, -0.05) is 24.3 Å². The molecule has 3 rings (SSSR count). The number of halogens is 1. The van der Waals surface area contributed by atoms with Gasteiger partial charge in [0, 0.05) is 51.4 Å². The number of piperidine rings is 1. The van der Waals surface area contributed by atoms with Crippen LogP contribution in [-0.4, -0.2) is 56.0 Å². The van der Waals surface area contributed by atoms with Gasteiger partial charge in [0.15, 0.2) is 11.7 Å². The van der Waals surface area contributed by atoms with Crippen LogP contribution in [0.15, 0.2) is 46.0 Å². The van der Waals surface area contributed by atoms with E-state index in [2.05, 4.69) is 57.0 Å². The number of amides is 1. The zero-order valence-electron chi connectivity index (χ0n) is 19.3. The van der Waals surface area contributed by atoms with E-state index >= 15 is 0 Å². The first-order valence-electron chi connectivity index (χ1n) is 11.1. The maximum absolute atomic E-state index is 12.0. The molecule has 0 aliphatic carbocycles. The zero-order chi connectivity index (χ0) is 22.1. The molecule has 0 bridgehead atoms. The fourth-order valence-corrected chi connectivity index (χ4v) is 3.83. The summed E-state index contributed by atoms with van der Waals surface area (Å²) in [6, 6.07) is 10.9. The second kappa shape index (κ2) is 13.5. The summed E-state index contributed by atoms with van der Waals surface area (Å²) >= 11 is 0. The van der Waals surface area contributed by atoms with Crippen molar-refractivity contribution in [1.29, 1.82) is 0 Å². The molecule has 176 valence electrons. The Bertz CT molecular complexity index is 875. The van der Waals surface area contributed by atoms with Crippen LogP contribution in [0.3, 0.4) is 0 Å². The first-order chi connectivity index (χ1) is 15.1. The minimum Gasteiger partial charge on any atom is -0.459 e. The smallest absolute Gasteiger partial charge is 0.287 e. The van der Waals surface area contributed by atoms with Crippen molar-refractivity contribution in [2.24, 2.45) is 4.99 Å². The monoisotopic (exact) mass is 553 g/mol. The Labute approximate surface area is 208 Å². The van der Waals surface area contributed by atoms with Crippen LogP contribution in [0.2, 0.25) is 0 Å². The molecule has 32 heavy (non-hydrogen) atoms. The Hall–Kier alpha value is -2.07. The lowest BCUT2D eigenvalue weighted by Crippen LogP contribution is -2.48. The zero-order valence-corrected chi connectivity index (χ0v) is 21.6. The fourth-order valence-electron chi connectivity index (χ4n) is 3.83. The summed E-state index contributed by atoms with van der Waals surface area (Å²) in [7, 11) is 1.80. The Balaban J connectivity index is 0.00000363. The van der Waals surface area contributed by atoms with Crippen molar-refractivity contribution in [2.45, 2.75) is 45.7 Å². The van der Waals surface area contributed by atoms with Gasteiger partial charge in [0.05, 0.1) is 6.26 Å². The lowest BCUT2D eigenvalue weighted by Gasteiger charge is -2.33. The number of carbonyl (C=O) groups is 1. The minimum atomic E-state index is -0.164. The summed E-state index contributed by atoms with van der Waals surface area (Å²) in [5, 5.41) is 9.78. The van der Waals surface area contributed by atoms with Gasteiger partial charge in [0.2, 0.25) is 0 Å². The summed E-state index contributed by atoms with van der Waals surface area (Å²) in [4.78, 5) is 18.9. The van der Waals surface area contributed by atoms with Crippen molar-refractivity contribution >= 4 is 35.8 Å². The van der Waals surface area contributed by atoms with Crippen LogP contribution >= 0.6 is 24.0 Å². The van der Waals surface area contributed by atoms with Crippen LogP contribution < -0.4 is 16.0 Å². The summed E-state index contributed by atoms with van der Waals surface area (Å²) in [5.41, 5.74) is 3.63. The Kier molecular flexibility index (Phi) is 11.0. The molecule has 7 nitrogen and oxygen atoms in total. The van der Waals surface area contributed by atoms with Crippen molar-refractivity contribution in [3.63, 3.8) is 0 Å². The van der Waals surface area contributed by atoms with E-state index in [1.54, 1.807) is 13.1 Å². The largest absolute Gasteiger partial charge is 0.459 e. The van der Waals surface area contributed by atoms with Crippen LogP contribution in [0.25, 0.3) is 0 Å². The molecular weight excluding hydrogens is 517 g/mol. The first-order valence-corrected chi connectivity index (χ1v) is 11.1. The fraction of sp³-hybridized carbons (Fsp3) is 0.500. The first kappa shape index (κ1) is 26.2. The molecule has 1 amide bonds. The highest BCUT2D eigenvalue weighted by molar-refractivity contribution is 14.0. The average molecular weight is 553 g/mol. The minimum absolute atomic E-state index is 0. The molecule has 2 heterocycles. The van der Waals surface area contributed by atoms with Gasteiger partial charge in [-0.15, -0.1) is 24.0 Å². The van der Waals surface area contributed by atoms with E-state index in [1.807, 2.05) is 6.92 Å². The highest BCUT2D eigenvalue weighted by Crippen LogP contribution is 2.16. The van der Waals surface area contributed by atoms with Gasteiger partial charge in [-0.05, 0) is 50.3 Å². The molecule has 1 aromatic heterocycles. The van der Waals surface area contributed by atoms with E-state index in [0.29, 0.717) is 18.3 Å². The number of carbonyl (C=O) groups excluding carboxylic acids is 1. The molecule has 8 heteroatoms. The summed E-state index contributed by atoms with van der Waals surface area (Å²) < 4.78 is 5.21. The van der Waals surface area contributed by atoms with Crippen molar-refractivity contribution in [1.82, 2.24) is 20.9 Å². The number of nitrogens with one attached hydrogen (secondary N) is 3. The van der Waals surface area contributed by atoms with Crippen LogP contribution in [0, 0.1) is 13.8 Å². The Morgan fingerprint density at radius 3 is 2.47 bits per heavy atom. The number of nitrogens with zero attached hydrogens (tertiary/aromatic N) is 2. The molecule has 0 spiro atoms. The molecule has 1 aromatic carbocycles. The van der Waals surface area contributed by atoms with Gasteiger partial charge in [-0.2, -0.15) is 0 Å². The van der Waals surface area contributed by atoms with Crippen molar-refractivity contribution in [3.8, 4) is 0 Å². The van der Waals surface area contributed by atoms with E-state index in [-0.39, 0.29) is 29.9 Å². The predicted molar refractivity (Wildman–Crippen MR) is 140 cm³/mol. The van der Waals surface area contributed by atoms with E-state index in [4.69, 9.17) is 4.42 Å². The van der Waals surface area contributed by atoms with Crippen LogP contribution in [0.4, 0.5) is 0 Å². The molecule has 1 fully saturated rings. The standard InChI is InChI=1S/C24H35N5O2.HI/c1-18-7-4-5-8-20(18)17-29-14-9-21(10-15-29)28-24(25-3)27-13-6-12-26-23(30)22-19(2)11-16-31-22;/h4-5,7-8,11,16,21H,6,9-10,12-15,17H2,1-3H3,(H,26,30)(H2,25,27,28);1H. The average Bonchev–Trinajstić information content (AvgIpc) is 3.21. The summed E-state index contributed by atoms with van der Waals surface area (Å²) in [6.07, 6.45) is 4.55. The number of likely N-dealkylation sites (tertiary alicyclic amines) is 1. The van der Waals surface area contributed by atoms with Gasteiger partial charge >= 0.3 is 0 Å². The quantitative estimate of drug-likeness (QED) is 0.202. The van der Waals surface area contributed by atoms with Crippen molar-refractivity contribution in [3.05, 3.63) is 59.0 Å². The number of hydrogen-bond acceptors (Lipinski definition) is 4. The van der Waals surface area contributed by atoms with Gasteiger partial charge in [0.1, 0.15) is 0 Å². The van der Waals surface area contributed by atoms with E-state index in [1.165, 1.54) is 17.4 Å². The van der Waals surface area contributed by atoms with Gasteiger partial charge < -0.3 is 20.4 Å². The van der Waals surface area contributed by atoms with E-state index < -0.39 is 0 Å². The summed E-state index contributed by atoms with van der Waals surface area (Å²) in [5.74, 6) is 1.05. The van der Waals surface area contributed by atoms with Crippen LogP contribution in [-0.2, 0) is 6.54 Å². The van der Waals surface area contributed by atoms with Crippen molar-refractivity contribution < 1.29 is 9.21 Å². The second-order valence-corrected chi connectivity index (χ2v) is 8.16. The van der Waals surface area contributed by atoms with Gasteiger partial charge in [-0.25, -0.2) is 0 Å². The van der Waals surface area contributed by atoms with Crippen molar-refractivity contribution in [2.75, 3.05) is 33.2 Å². The number of rotatable bonds is 8. The highest BCUT2D eigenvalue weighted by Gasteiger charge is 2.20. The number of aryl methyl sites for hydroxylation is 2. The van der Waals surface area contributed by atoms with Gasteiger partial charge in [-0.3, -0.25) is 14.7 Å². The molecule has 0 unspecified atom stereocenters. The number of hydrogen-bond donors (Lipinski definition) is 3. The number of benzene rings is 1. The molecule has 3 N–H and O–H groups in total. The third-order valence-electron chi connectivity index (χ3n) is 5.81. The Morgan fingerprint density at radius 2 is 1.81 bits per heavy atom. The normalized spacial score (nSPS) is 15.2. The van der Waals surface area contributed by atoms with Crippen LogP contribution in [0.1, 0.15) is 46.5 Å². The lowest BCUT2D eigenvalue weighted by molar-refractivity contribution is 0.0925. The molecule has 1 aliphatic heterocycles. The molecule has 1 saturated heterocycles. The molecule has 1 aliphatic rings. The third kappa shape index (κ3) is 7.81. The predicted octanol–water partition coefficient (Wildman–Crippen LogP) is 3.46. The molecule has 0 atom stereocenters. The third-order valence-corrected chi connectivity index (χ3v) is 5.81. The number of guanidine groups is 1. The topological polar surface area (TPSA) is 81.9 Å². The van der Waals surface area contributed by atoms with Crippen LogP contribution in [0.5, 0.6) is 0 Å². The molecule has 2 aromatic rings. The van der Waals surface area contributed by atoms with Gasteiger partial charge in [0.25, 0.3) is 5.91 Å². The highest BCUT2D eigenvalue weighted by atomic mass is 127. The number of furan rings is 1. The SMILES string of the molecule is CN=C(NCCCNC(=O)c1occc1C)NC1CCN(Cc2ccccc2C)CC1.I. The lowest BCUT2D eigenvalue weighted by atomic mass is 10.0. The summed E-state index contributed by atoms with van der Waals surface area (Å²) in [6.45, 7) is 8.56. The van der Waals surface area contributed by atoms with E-state index in [9.17, 15) is 4.79 Å². The second-order valence-electron chi connectivity index (χ2n) is 8.16. The molecular formula is C24H36IN5O2. The Morgan fingerprint density at radius 1 is 1.09 bits per heavy atom. The maximum atomic E-state index is 12.0. The number of aliphatic imine (C=N–C) groups is 1.